The number of benzene rings is 1. The van der Waals surface area contributed by atoms with Crippen LogP contribution in [0.5, 0.6) is 0 Å². The average Bonchev–Trinajstić information content (AvgIpc) is 2.33. The van der Waals surface area contributed by atoms with Gasteiger partial charge < -0.3 is 10.8 Å². The molecule has 1 fully saturated rings. The molecule has 0 heterocycles. The molecular formula is C13H18Br2N2O. The summed E-state index contributed by atoms with van der Waals surface area (Å²) in [4.78, 5) is 0. The molecule has 0 amide bonds. The van der Waals surface area contributed by atoms with E-state index in [4.69, 9.17) is 5.73 Å². The number of rotatable bonds is 3. The second kappa shape index (κ2) is 5.90. The van der Waals surface area contributed by atoms with E-state index in [0.29, 0.717) is 6.54 Å². The van der Waals surface area contributed by atoms with Crippen LogP contribution in [0.3, 0.4) is 0 Å². The van der Waals surface area contributed by atoms with Crippen LogP contribution >= 0.6 is 31.9 Å². The largest absolute Gasteiger partial charge is 0.398 e. The number of halogens is 2. The molecule has 0 atom stereocenters. The zero-order chi connectivity index (χ0) is 13.2. The molecule has 0 saturated heterocycles. The van der Waals surface area contributed by atoms with Crippen molar-refractivity contribution in [3.05, 3.63) is 26.6 Å². The van der Waals surface area contributed by atoms with Crippen molar-refractivity contribution in [2.75, 3.05) is 5.73 Å². The lowest BCUT2D eigenvalue weighted by Crippen LogP contribution is -2.46. The first-order chi connectivity index (χ1) is 8.50. The maximum atomic E-state index is 10.4. The number of hydrogen-bond donors (Lipinski definition) is 3. The fourth-order valence-electron chi connectivity index (χ4n) is 2.36. The van der Waals surface area contributed by atoms with E-state index in [1.165, 1.54) is 6.42 Å². The molecular weight excluding hydrogens is 360 g/mol. The Balaban J connectivity index is 2.05. The monoisotopic (exact) mass is 376 g/mol. The molecule has 0 unspecified atom stereocenters. The molecule has 18 heavy (non-hydrogen) atoms. The Bertz CT molecular complexity index is 431. The normalized spacial score (nSPS) is 18.8. The zero-order valence-corrected chi connectivity index (χ0v) is 13.3. The minimum absolute atomic E-state index is 0.584. The first-order valence-electron chi connectivity index (χ1n) is 6.21. The topological polar surface area (TPSA) is 58.3 Å². The lowest BCUT2D eigenvalue weighted by molar-refractivity contribution is -0.0295. The molecule has 0 aromatic heterocycles. The van der Waals surface area contributed by atoms with E-state index in [9.17, 15) is 5.11 Å². The van der Waals surface area contributed by atoms with Crippen molar-refractivity contribution in [3.8, 4) is 0 Å². The van der Waals surface area contributed by atoms with E-state index in [1.54, 1.807) is 0 Å². The highest BCUT2D eigenvalue weighted by atomic mass is 79.9. The van der Waals surface area contributed by atoms with Gasteiger partial charge in [0.05, 0.1) is 5.69 Å². The lowest BCUT2D eigenvalue weighted by atomic mass is 9.91. The second-order valence-electron chi connectivity index (χ2n) is 4.91. The van der Waals surface area contributed by atoms with Crippen molar-refractivity contribution in [1.82, 2.24) is 5.32 Å². The summed E-state index contributed by atoms with van der Waals surface area (Å²) in [7, 11) is 0. The van der Waals surface area contributed by atoms with Gasteiger partial charge in [-0.2, -0.15) is 0 Å². The van der Waals surface area contributed by atoms with Gasteiger partial charge in [-0.3, -0.25) is 5.32 Å². The summed E-state index contributed by atoms with van der Waals surface area (Å²) in [5, 5.41) is 13.6. The van der Waals surface area contributed by atoms with Crippen molar-refractivity contribution >= 4 is 37.5 Å². The molecule has 2 rings (SSSR count). The van der Waals surface area contributed by atoms with E-state index in [2.05, 4.69) is 37.2 Å². The molecule has 0 bridgehead atoms. The molecule has 1 aromatic rings. The Morgan fingerprint density at radius 2 is 1.89 bits per heavy atom. The van der Waals surface area contributed by atoms with E-state index in [1.807, 2.05) is 12.1 Å². The molecule has 0 radical (unpaired) electrons. The van der Waals surface area contributed by atoms with Gasteiger partial charge in [0.1, 0.15) is 5.72 Å². The number of aliphatic hydroxyl groups is 1. The van der Waals surface area contributed by atoms with E-state index < -0.39 is 5.72 Å². The smallest absolute Gasteiger partial charge is 0.116 e. The Kier molecular flexibility index (Phi) is 4.69. The first kappa shape index (κ1) is 14.3. The second-order valence-corrected chi connectivity index (χ2v) is 6.68. The third kappa shape index (κ3) is 3.47. The van der Waals surface area contributed by atoms with Crippen LogP contribution in [-0.2, 0) is 6.54 Å². The Morgan fingerprint density at radius 1 is 1.22 bits per heavy atom. The van der Waals surface area contributed by atoms with Crippen LogP contribution in [0.1, 0.15) is 37.7 Å². The number of hydrogen-bond acceptors (Lipinski definition) is 3. The van der Waals surface area contributed by atoms with Crippen LogP contribution in [0.2, 0.25) is 0 Å². The van der Waals surface area contributed by atoms with E-state index in [-0.39, 0.29) is 0 Å². The van der Waals surface area contributed by atoms with Crippen LogP contribution in [0.25, 0.3) is 0 Å². The predicted molar refractivity (Wildman–Crippen MR) is 81.1 cm³/mol. The van der Waals surface area contributed by atoms with Crippen LogP contribution in [0.15, 0.2) is 21.1 Å². The van der Waals surface area contributed by atoms with Crippen LogP contribution in [0, 0.1) is 0 Å². The predicted octanol–water partition coefficient (Wildman–Crippen LogP) is 3.54. The van der Waals surface area contributed by atoms with Gasteiger partial charge in [0.15, 0.2) is 0 Å². The fraction of sp³-hybridized carbons (Fsp3) is 0.538. The van der Waals surface area contributed by atoms with E-state index in [0.717, 1.165) is 45.9 Å². The van der Waals surface area contributed by atoms with Gasteiger partial charge in [0, 0.05) is 15.5 Å². The molecule has 4 N–H and O–H groups in total. The number of nitrogens with two attached hydrogens (primary N) is 1. The standard InChI is InChI=1S/C13H18Br2N2O/c14-10-6-9(12(16)11(15)7-10)8-17-13(18)4-2-1-3-5-13/h6-7,17-18H,1-5,8,16H2. The summed E-state index contributed by atoms with van der Waals surface area (Å²) in [6, 6.07) is 3.91. The summed E-state index contributed by atoms with van der Waals surface area (Å²) >= 11 is 6.88. The summed E-state index contributed by atoms with van der Waals surface area (Å²) in [6.07, 6.45) is 5.03. The highest BCUT2D eigenvalue weighted by Gasteiger charge is 2.28. The number of nitrogens with one attached hydrogen (secondary N) is 1. The summed E-state index contributed by atoms with van der Waals surface area (Å²) in [5.41, 5.74) is 7.02. The lowest BCUT2D eigenvalue weighted by Gasteiger charge is -2.33. The molecule has 1 aliphatic rings. The van der Waals surface area contributed by atoms with Gasteiger partial charge in [0.2, 0.25) is 0 Å². The number of anilines is 1. The van der Waals surface area contributed by atoms with Crippen molar-refractivity contribution in [2.24, 2.45) is 0 Å². The van der Waals surface area contributed by atoms with Crippen LogP contribution in [0.4, 0.5) is 5.69 Å². The quantitative estimate of drug-likeness (QED) is 0.557. The van der Waals surface area contributed by atoms with Gasteiger partial charge in [0.25, 0.3) is 0 Å². The summed E-state index contributed by atoms with van der Waals surface area (Å²) in [5.74, 6) is 0. The molecule has 0 spiro atoms. The van der Waals surface area contributed by atoms with Gasteiger partial charge in [-0.05, 0) is 59.3 Å². The van der Waals surface area contributed by atoms with Gasteiger partial charge in [-0.1, -0.05) is 22.4 Å². The maximum Gasteiger partial charge on any atom is 0.116 e. The zero-order valence-electron chi connectivity index (χ0n) is 10.2. The highest BCUT2D eigenvalue weighted by Crippen LogP contribution is 2.30. The molecule has 100 valence electrons. The summed E-state index contributed by atoms with van der Waals surface area (Å²) < 4.78 is 1.86. The Hall–Kier alpha value is -0.100. The Morgan fingerprint density at radius 3 is 2.56 bits per heavy atom. The van der Waals surface area contributed by atoms with Crippen molar-refractivity contribution in [3.63, 3.8) is 0 Å². The molecule has 5 heteroatoms. The summed E-state index contributed by atoms with van der Waals surface area (Å²) in [6.45, 7) is 0.584. The highest BCUT2D eigenvalue weighted by molar-refractivity contribution is 9.11. The van der Waals surface area contributed by atoms with Crippen molar-refractivity contribution < 1.29 is 5.11 Å². The minimum Gasteiger partial charge on any atom is -0.398 e. The minimum atomic E-state index is -0.723. The molecule has 3 nitrogen and oxygen atoms in total. The average molecular weight is 378 g/mol. The number of nitrogen functional groups attached to an aromatic ring is 1. The Labute approximate surface area is 124 Å². The van der Waals surface area contributed by atoms with Crippen LogP contribution in [-0.4, -0.2) is 10.8 Å². The third-order valence-corrected chi connectivity index (χ3v) is 4.58. The molecule has 0 aliphatic heterocycles. The first-order valence-corrected chi connectivity index (χ1v) is 7.80. The maximum absolute atomic E-state index is 10.4. The fourth-order valence-corrected chi connectivity index (χ4v) is 3.67. The van der Waals surface area contributed by atoms with Gasteiger partial charge >= 0.3 is 0 Å². The van der Waals surface area contributed by atoms with Gasteiger partial charge in [-0.15, -0.1) is 0 Å². The third-order valence-electron chi connectivity index (χ3n) is 3.47. The van der Waals surface area contributed by atoms with Crippen LogP contribution < -0.4 is 11.1 Å². The van der Waals surface area contributed by atoms with E-state index >= 15 is 0 Å². The SMILES string of the molecule is Nc1c(Br)cc(Br)cc1CNC1(O)CCCCC1. The molecule has 1 saturated carbocycles. The van der Waals surface area contributed by atoms with Crippen molar-refractivity contribution in [1.29, 1.82) is 0 Å². The van der Waals surface area contributed by atoms with Crippen molar-refractivity contribution in [2.45, 2.75) is 44.4 Å². The molecule has 1 aliphatic carbocycles. The van der Waals surface area contributed by atoms with Gasteiger partial charge in [-0.25, -0.2) is 0 Å². The molecule has 1 aromatic carbocycles.